The van der Waals surface area contributed by atoms with Gasteiger partial charge in [-0.1, -0.05) is 35.6 Å². The molecule has 1 aliphatic heterocycles. The standard InChI is InChI=1S/C33H35N3O4S/c1-8-39-27-13-11-10-12-26(27)30-29(32(38)40-9-2)22(6)34-33-36(30)31(37)28(41-33)18-24-17-21(5)35(23(24)7)25-15-14-19(3)20(4)16-25/h10-18,30H,8-9H2,1-7H3/b28-18-/t30-/m1/s1. The van der Waals surface area contributed by atoms with Gasteiger partial charge in [0.25, 0.3) is 5.56 Å². The lowest BCUT2D eigenvalue weighted by Gasteiger charge is -2.26. The number of carbonyl (C=O) groups is 1. The highest BCUT2D eigenvalue weighted by Crippen LogP contribution is 2.36. The number of para-hydroxylation sites is 1. The summed E-state index contributed by atoms with van der Waals surface area (Å²) >= 11 is 1.32. The predicted octanol–water partition coefficient (Wildman–Crippen LogP) is 5.22. The first-order valence-electron chi connectivity index (χ1n) is 13.8. The van der Waals surface area contributed by atoms with Gasteiger partial charge < -0.3 is 14.0 Å². The van der Waals surface area contributed by atoms with E-state index in [-0.39, 0.29) is 12.2 Å². The molecule has 0 fully saturated rings. The molecular weight excluding hydrogens is 534 g/mol. The van der Waals surface area contributed by atoms with Crippen LogP contribution in [0.4, 0.5) is 0 Å². The second kappa shape index (κ2) is 11.4. The van der Waals surface area contributed by atoms with E-state index in [1.54, 1.807) is 18.4 Å². The average molecular weight is 570 g/mol. The van der Waals surface area contributed by atoms with E-state index in [1.165, 1.54) is 22.5 Å². The summed E-state index contributed by atoms with van der Waals surface area (Å²) in [7, 11) is 0. The van der Waals surface area contributed by atoms with E-state index in [0.717, 1.165) is 22.6 Å². The summed E-state index contributed by atoms with van der Waals surface area (Å²) in [6, 6.07) is 15.3. The molecule has 0 amide bonds. The fourth-order valence-electron chi connectivity index (χ4n) is 5.42. The number of nitrogens with zero attached hydrogens (tertiary/aromatic N) is 3. The lowest BCUT2D eigenvalue weighted by molar-refractivity contribution is -0.139. The van der Waals surface area contributed by atoms with Crippen molar-refractivity contribution in [3.63, 3.8) is 0 Å². The van der Waals surface area contributed by atoms with Gasteiger partial charge in [-0.3, -0.25) is 9.36 Å². The number of rotatable bonds is 7. The molecular formula is C33H35N3O4S. The van der Waals surface area contributed by atoms with E-state index < -0.39 is 12.0 Å². The highest BCUT2D eigenvalue weighted by Gasteiger charge is 2.35. The number of aryl methyl sites for hydroxylation is 3. The SMILES string of the molecule is CCOC(=O)C1=C(C)N=c2s/c(=C\c3cc(C)n(-c4ccc(C)c(C)c4)c3C)c(=O)n2[C@@H]1c1ccccc1OCC. The van der Waals surface area contributed by atoms with Gasteiger partial charge in [-0.15, -0.1) is 0 Å². The normalized spacial score (nSPS) is 15.1. The number of thiazole rings is 1. The Morgan fingerprint density at radius 1 is 1.00 bits per heavy atom. The zero-order chi connectivity index (χ0) is 29.4. The third-order valence-electron chi connectivity index (χ3n) is 7.54. The monoisotopic (exact) mass is 569 g/mol. The molecule has 0 radical (unpaired) electrons. The van der Waals surface area contributed by atoms with Crippen molar-refractivity contribution >= 4 is 23.4 Å². The van der Waals surface area contributed by atoms with Crippen LogP contribution in [0, 0.1) is 27.7 Å². The number of benzene rings is 2. The predicted molar refractivity (Wildman–Crippen MR) is 163 cm³/mol. The Morgan fingerprint density at radius 3 is 2.46 bits per heavy atom. The Labute approximate surface area is 243 Å². The van der Waals surface area contributed by atoms with Gasteiger partial charge in [-0.25, -0.2) is 9.79 Å². The van der Waals surface area contributed by atoms with Crippen LogP contribution in [0.5, 0.6) is 5.75 Å². The first-order chi connectivity index (χ1) is 19.7. The van der Waals surface area contributed by atoms with Crippen LogP contribution in [0.2, 0.25) is 0 Å². The number of hydrogen-bond donors (Lipinski definition) is 0. The summed E-state index contributed by atoms with van der Waals surface area (Å²) in [6.45, 7) is 14.5. The van der Waals surface area contributed by atoms with Gasteiger partial charge in [0, 0.05) is 22.6 Å². The maximum Gasteiger partial charge on any atom is 0.338 e. The van der Waals surface area contributed by atoms with Gasteiger partial charge in [0.15, 0.2) is 4.80 Å². The minimum atomic E-state index is -0.724. The van der Waals surface area contributed by atoms with Crippen LogP contribution >= 0.6 is 11.3 Å². The lowest BCUT2D eigenvalue weighted by Crippen LogP contribution is -2.40. The number of carbonyl (C=O) groups excluding carboxylic acids is 1. The van der Waals surface area contributed by atoms with Gasteiger partial charge in [-0.05, 0) is 95.5 Å². The van der Waals surface area contributed by atoms with E-state index in [1.807, 2.05) is 37.3 Å². The van der Waals surface area contributed by atoms with Crippen molar-refractivity contribution in [1.82, 2.24) is 9.13 Å². The van der Waals surface area contributed by atoms with Crippen molar-refractivity contribution < 1.29 is 14.3 Å². The molecule has 0 N–H and O–H groups in total. The van der Waals surface area contributed by atoms with Gasteiger partial charge in [-0.2, -0.15) is 0 Å². The molecule has 0 bridgehead atoms. The molecule has 0 unspecified atom stereocenters. The van der Waals surface area contributed by atoms with E-state index in [2.05, 4.69) is 56.5 Å². The molecule has 41 heavy (non-hydrogen) atoms. The van der Waals surface area contributed by atoms with E-state index in [9.17, 15) is 9.59 Å². The Hall–Kier alpha value is -4.17. The maximum absolute atomic E-state index is 14.1. The minimum Gasteiger partial charge on any atom is -0.494 e. The summed E-state index contributed by atoms with van der Waals surface area (Å²) in [5, 5.41) is 0. The summed E-state index contributed by atoms with van der Waals surface area (Å²) in [4.78, 5) is 32.6. The maximum atomic E-state index is 14.1. The lowest BCUT2D eigenvalue weighted by atomic mass is 9.95. The molecule has 1 atom stereocenters. The van der Waals surface area contributed by atoms with Crippen LogP contribution in [0.15, 0.2) is 69.6 Å². The molecule has 0 saturated carbocycles. The quantitative estimate of drug-likeness (QED) is 0.286. The summed E-state index contributed by atoms with van der Waals surface area (Å²) in [6.07, 6.45) is 1.93. The van der Waals surface area contributed by atoms with Crippen LogP contribution in [0.1, 0.15) is 60.5 Å². The number of aromatic nitrogens is 2. The molecule has 1 aliphatic rings. The van der Waals surface area contributed by atoms with Crippen LogP contribution in [-0.4, -0.2) is 28.3 Å². The Bertz CT molecular complexity index is 1870. The van der Waals surface area contributed by atoms with Crippen molar-refractivity contribution in [3.05, 3.63) is 113 Å². The number of esters is 1. The molecule has 0 aliphatic carbocycles. The van der Waals surface area contributed by atoms with E-state index >= 15 is 0 Å². The zero-order valence-electron chi connectivity index (χ0n) is 24.6. The number of hydrogen-bond acceptors (Lipinski definition) is 6. The highest BCUT2D eigenvalue weighted by molar-refractivity contribution is 7.07. The second-order valence-corrected chi connectivity index (χ2v) is 11.2. The molecule has 4 aromatic rings. The highest BCUT2D eigenvalue weighted by atomic mass is 32.1. The molecule has 0 spiro atoms. The zero-order valence-corrected chi connectivity index (χ0v) is 25.4. The molecule has 212 valence electrons. The molecule has 2 aromatic carbocycles. The molecule has 0 saturated heterocycles. The van der Waals surface area contributed by atoms with Crippen molar-refractivity contribution in [2.75, 3.05) is 13.2 Å². The van der Waals surface area contributed by atoms with Crippen molar-refractivity contribution in [2.45, 2.75) is 54.5 Å². The fourth-order valence-corrected chi connectivity index (χ4v) is 6.45. The molecule has 3 heterocycles. The fraction of sp³-hybridized carbons (Fsp3) is 0.303. The third-order valence-corrected chi connectivity index (χ3v) is 8.52. The van der Waals surface area contributed by atoms with Gasteiger partial charge in [0.05, 0.1) is 29.0 Å². The molecule has 7 nitrogen and oxygen atoms in total. The molecule has 5 rings (SSSR count). The smallest absolute Gasteiger partial charge is 0.338 e. The Balaban J connectivity index is 1.71. The molecule has 2 aromatic heterocycles. The second-order valence-electron chi connectivity index (χ2n) is 10.2. The summed E-state index contributed by atoms with van der Waals surface area (Å²) < 4.78 is 15.7. The van der Waals surface area contributed by atoms with Crippen molar-refractivity contribution in [1.29, 1.82) is 0 Å². The van der Waals surface area contributed by atoms with Gasteiger partial charge >= 0.3 is 5.97 Å². The first-order valence-corrected chi connectivity index (χ1v) is 14.7. The minimum absolute atomic E-state index is 0.213. The first kappa shape index (κ1) is 28.4. The number of fused-ring (bicyclic) bond motifs is 1. The summed E-state index contributed by atoms with van der Waals surface area (Å²) in [5.41, 5.74) is 8.01. The van der Waals surface area contributed by atoms with Crippen LogP contribution in [0.25, 0.3) is 11.8 Å². The Kier molecular flexibility index (Phi) is 7.87. The van der Waals surface area contributed by atoms with Gasteiger partial charge in [0.2, 0.25) is 0 Å². The number of ether oxygens (including phenoxy) is 2. The van der Waals surface area contributed by atoms with Gasteiger partial charge in [0.1, 0.15) is 11.8 Å². The van der Waals surface area contributed by atoms with Crippen LogP contribution in [0.3, 0.4) is 0 Å². The Morgan fingerprint density at radius 2 is 1.76 bits per heavy atom. The summed E-state index contributed by atoms with van der Waals surface area (Å²) in [5.74, 6) is 0.124. The topological polar surface area (TPSA) is 74.8 Å². The van der Waals surface area contributed by atoms with E-state index in [0.29, 0.717) is 38.5 Å². The van der Waals surface area contributed by atoms with Crippen molar-refractivity contribution in [3.8, 4) is 11.4 Å². The molecule has 8 heteroatoms. The largest absolute Gasteiger partial charge is 0.494 e. The van der Waals surface area contributed by atoms with E-state index in [4.69, 9.17) is 14.5 Å². The van der Waals surface area contributed by atoms with Crippen molar-refractivity contribution in [2.24, 2.45) is 4.99 Å². The number of allylic oxidation sites excluding steroid dienone is 1. The van der Waals surface area contributed by atoms with Crippen LogP contribution < -0.4 is 19.6 Å². The average Bonchev–Trinajstić information content (AvgIpc) is 3.39. The third kappa shape index (κ3) is 5.08. The van der Waals surface area contributed by atoms with Crippen LogP contribution in [-0.2, 0) is 9.53 Å².